The maximum absolute atomic E-state index is 12.1. The average molecular weight is 328 g/mol. The summed E-state index contributed by atoms with van der Waals surface area (Å²) in [5.74, 6) is 0.118. The van der Waals surface area contributed by atoms with E-state index in [1.54, 1.807) is 11.3 Å². The van der Waals surface area contributed by atoms with Gasteiger partial charge in [0.2, 0.25) is 0 Å². The second-order valence-electron chi connectivity index (χ2n) is 3.23. The summed E-state index contributed by atoms with van der Waals surface area (Å²) in [6, 6.07) is 9.57. The van der Waals surface area contributed by atoms with Gasteiger partial charge in [0, 0.05) is 19.6 Å². The maximum atomic E-state index is 12.1. The quantitative estimate of drug-likeness (QED) is 0.604. The molecule has 15 heavy (non-hydrogen) atoms. The third-order valence-corrected chi connectivity index (χ3v) is 3.71. The molecule has 2 aromatic rings. The summed E-state index contributed by atoms with van der Waals surface area (Å²) >= 11 is 3.82. The van der Waals surface area contributed by atoms with Crippen LogP contribution in [-0.4, -0.2) is 5.78 Å². The molecule has 0 radical (unpaired) electrons. The summed E-state index contributed by atoms with van der Waals surface area (Å²) in [4.78, 5) is 13.2. The molecule has 0 bridgehead atoms. The van der Waals surface area contributed by atoms with Gasteiger partial charge < -0.3 is 0 Å². The van der Waals surface area contributed by atoms with E-state index in [1.165, 1.54) is 0 Å². The molecule has 0 unspecified atom stereocenters. The van der Waals surface area contributed by atoms with E-state index in [4.69, 9.17) is 0 Å². The lowest BCUT2D eigenvalue weighted by molar-refractivity contribution is 0.103. The molecule has 1 heterocycles. The zero-order valence-corrected chi connectivity index (χ0v) is 11.1. The number of thiophene rings is 1. The van der Waals surface area contributed by atoms with Gasteiger partial charge in [-0.05, 0) is 53.1 Å². The van der Waals surface area contributed by atoms with E-state index in [0.29, 0.717) is 0 Å². The summed E-state index contributed by atoms with van der Waals surface area (Å²) in [7, 11) is 0. The number of ketones is 1. The largest absolute Gasteiger partial charge is 0.289 e. The fourth-order valence-corrected chi connectivity index (χ4v) is 2.64. The second kappa shape index (κ2) is 4.45. The van der Waals surface area contributed by atoms with Crippen molar-refractivity contribution in [1.82, 2.24) is 0 Å². The first-order valence-electron chi connectivity index (χ1n) is 4.53. The highest BCUT2D eigenvalue weighted by Crippen LogP contribution is 2.19. The van der Waals surface area contributed by atoms with Crippen molar-refractivity contribution in [2.24, 2.45) is 0 Å². The molecule has 0 amide bonds. The third-order valence-electron chi connectivity index (χ3n) is 2.19. The van der Waals surface area contributed by atoms with Crippen LogP contribution in [0.3, 0.4) is 0 Å². The predicted molar refractivity (Wildman–Crippen MR) is 71.6 cm³/mol. The van der Waals surface area contributed by atoms with Gasteiger partial charge in [0.15, 0.2) is 5.78 Å². The number of carbonyl (C=O) groups is 1. The Kier molecular flexibility index (Phi) is 3.21. The summed E-state index contributed by atoms with van der Waals surface area (Å²) < 4.78 is 1.09. The van der Waals surface area contributed by atoms with Crippen molar-refractivity contribution < 1.29 is 4.79 Å². The van der Waals surface area contributed by atoms with Gasteiger partial charge in [-0.3, -0.25) is 4.79 Å². The first-order chi connectivity index (χ1) is 7.18. The monoisotopic (exact) mass is 328 g/mol. The molecular formula is C12H9IOS. The minimum absolute atomic E-state index is 0.118. The summed E-state index contributed by atoms with van der Waals surface area (Å²) in [6.45, 7) is 1.98. The standard InChI is InChI=1S/C12H9IOS/c1-8-11(5-6-15-8)12(14)9-3-2-4-10(13)7-9/h2-7H,1H3. The van der Waals surface area contributed by atoms with E-state index < -0.39 is 0 Å². The molecular weight excluding hydrogens is 319 g/mol. The highest BCUT2D eigenvalue weighted by atomic mass is 127. The molecule has 0 N–H and O–H groups in total. The van der Waals surface area contributed by atoms with E-state index in [9.17, 15) is 4.79 Å². The lowest BCUT2D eigenvalue weighted by Gasteiger charge is -2.00. The van der Waals surface area contributed by atoms with Crippen LogP contribution in [0, 0.1) is 10.5 Å². The number of hydrogen-bond acceptors (Lipinski definition) is 2. The van der Waals surface area contributed by atoms with E-state index >= 15 is 0 Å². The Hall–Kier alpha value is -0.680. The van der Waals surface area contributed by atoms with E-state index in [-0.39, 0.29) is 5.78 Å². The Bertz CT molecular complexity index is 502. The van der Waals surface area contributed by atoms with Gasteiger partial charge in [0.25, 0.3) is 0 Å². The lowest BCUT2D eigenvalue weighted by Crippen LogP contribution is -2.01. The van der Waals surface area contributed by atoms with Crippen LogP contribution in [0.25, 0.3) is 0 Å². The van der Waals surface area contributed by atoms with Crippen LogP contribution in [0.5, 0.6) is 0 Å². The van der Waals surface area contributed by atoms with Crippen molar-refractivity contribution in [3.05, 3.63) is 55.3 Å². The number of aryl methyl sites for hydroxylation is 1. The smallest absolute Gasteiger partial charge is 0.194 e. The van der Waals surface area contributed by atoms with Gasteiger partial charge in [-0.1, -0.05) is 12.1 Å². The molecule has 1 nitrogen and oxygen atoms in total. The molecule has 1 aromatic heterocycles. The summed E-state index contributed by atoms with van der Waals surface area (Å²) in [6.07, 6.45) is 0. The Balaban J connectivity index is 2.41. The van der Waals surface area contributed by atoms with Crippen molar-refractivity contribution >= 4 is 39.7 Å². The van der Waals surface area contributed by atoms with E-state index in [0.717, 1.165) is 19.6 Å². The topological polar surface area (TPSA) is 17.1 Å². The maximum Gasteiger partial charge on any atom is 0.194 e. The normalized spacial score (nSPS) is 10.3. The predicted octanol–water partition coefficient (Wildman–Crippen LogP) is 3.89. The molecule has 0 fully saturated rings. The molecule has 0 aliphatic heterocycles. The van der Waals surface area contributed by atoms with Gasteiger partial charge in [-0.15, -0.1) is 11.3 Å². The van der Waals surface area contributed by atoms with Crippen molar-refractivity contribution in [1.29, 1.82) is 0 Å². The highest BCUT2D eigenvalue weighted by Gasteiger charge is 2.12. The van der Waals surface area contributed by atoms with Gasteiger partial charge in [0.1, 0.15) is 0 Å². The molecule has 1 aromatic carbocycles. The number of hydrogen-bond donors (Lipinski definition) is 0. The van der Waals surface area contributed by atoms with Crippen LogP contribution >= 0.6 is 33.9 Å². The molecule has 0 aliphatic carbocycles. The van der Waals surface area contributed by atoms with Crippen LogP contribution < -0.4 is 0 Å². The Morgan fingerprint density at radius 2 is 2.13 bits per heavy atom. The van der Waals surface area contributed by atoms with Crippen LogP contribution in [-0.2, 0) is 0 Å². The Morgan fingerprint density at radius 3 is 2.73 bits per heavy atom. The van der Waals surface area contributed by atoms with Crippen molar-refractivity contribution in [2.45, 2.75) is 6.92 Å². The second-order valence-corrected chi connectivity index (χ2v) is 5.60. The SMILES string of the molecule is Cc1sccc1C(=O)c1cccc(I)c1. The van der Waals surface area contributed by atoms with Crippen molar-refractivity contribution in [2.75, 3.05) is 0 Å². The molecule has 0 atom stereocenters. The fourth-order valence-electron chi connectivity index (χ4n) is 1.41. The molecule has 2 rings (SSSR count). The van der Waals surface area contributed by atoms with Crippen molar-refractivity contribution in [3.63, 3.8) is 0 Å². The van der Waals surface area contributed by atoms with Gasteiger partial charge >= 0.3 is 0 Å². The first-order valence-corrected chi connectivity index (χ1v) is 6.48. The fraction of sp³-hybridized carbons (Fsp3) is 0.0833. The van der Waals surface area contributed by atoms with Crippen molar-refractivity contribution in [3.8, 4) is 0 Å². The van der Waals surface area contributed by atoms with Gasteiger partial charge in [0.05, 0.1) is 0 Å². The zero-order valence-electron chi connectivity index (χ0n) is 8.16. The molecule has 76 valence electrons. The third kappa shape index (κ3) is 2.29. The Morgan fingerprint density at radius 1 is 1.33 bits per heavy atom. The molecule has 0 saturated carbocycles. The summed E-state index contributed by atoms with van der Waals surface area (Å²) in [5, 5.41) is 1.95. The average Bonchev–Trinajstić information content (AvgIpc) is 2.63. The number of benzene rings is 1. The van der Waals surface area contributed by atoms with Crippen LogP contribution in [0.1, 0.15) is 20.8 Å². The number of rotatable bonds is 2. The molecule has 0 saturated heterocycles. The highest BCUT2D eigenvalue weighted by molar-refractivity contribution is 14.1. The van der Waals surface area contributed by atoms with E-state index in [2.05, 4.69) is 22.6 Å². The Labute approximate surface area is 106 Å². The van der Waals surface area contributed by atoms with Crippen LogP contribution in [0.15, 0.2) is 35.7 Å². The minimum Gasteiger partial charge on any atom is -0.289 e. The van der Waals surface area contributed by atoms with Gasteiger partial charge in [-0.25, -0.2) is 0 Å². The first kappa shape index (κ1) is 10.8. The zero-order chi connectivity index (χ0) is 10.8. The lowest BCUT2D eigenvalue weighted by atomic mass is 10.0. The number of carbonyl (C=O) groups excluding carboxylic acids is 1. The minimum atomic E-state index is 0.118. The molecule has 0 spiro atoms. The van der Waals surface area contributed by atoms with Crippen LogP contribution in [0.2, 0.25) is 0 Å². The summed E-state index contributed by atoms with van der Waals surface area (Å²) in [5.41, 5.74) is 1.59. The van der Waals surface area contributed by atoms with Gasteiger partial charge in [-0.2, -0.15) is 0 Å². The number of halogens is 1. The van der Waals surface area contributed by atoms with Crippen LogP contribution in [0.4, 0.5) is 0 Å². The molecule has 0 aliphatic rings. The van der Waals surface area contributed by atoms with E-state index in [1.807, 2.05) is 42.6 Å². The molecule has 3 heteroatoms.